The molecule has 0 fully saturated rings. The summed E-state index contributed by atoms with van der Waals surface area (Å²) in [4.78, 5) is 0. The van der Waals surface area contributed by atoms with Crippen LogP contribution in [0.5, 0.6) is 0 Å². The molecule has 4 heteroatoms. The van der Waals surface area contributed by atoms with Crippen LogP contribution in [0.4, 0.5) is 0 Å². The Balaban J connectivity index is 2.79. The Morgan fingerprint density at radius 2 is 1.94 bits per heavy atom. The van der Waals surface area contributed by atoms with E-state index in [1.165, 1.54) is 5.56 Å². The van der Waals surface area contributed by atoms with Gasteiger partial charge in [0, 0.05) is 33.8 Å². The summed E-state index contributed by atoms with van der Waals surface area (Å²) in [5.74, 6) is 0. The Morgan fingerprint density at radius 3 is 2.50 bits per heavy atom. The van der Waals surface area contributed by atoms with Crippen molar-refractivity contribution in [1.82, 2.24) is 0 Å². The fourth-order valence-corrected chi connectivity index (χ4v) is 4.48. The van der Waals surface area contributed by atoms with Crippen molar-refractivity contribution in [1.29, 1.82) is 0 Å². The Hall–Kier alpha value is 0.620. The van der Waals surface area contributed by atoms with Gasteiger partial charge < -0.3 is 4.74 Å². The standard InChI is InChI=1S/C14H19Br3O/c1-2-18-8-4-7-14(10-15,11-16)12-5-3-6-13(17)9-12/h3,5-6,9H,2,4,7-8,10-11H2,1H3. The van der Waals surface area contributed by atoms with Crippen molar-refractivity contribution < 1.29 is 4.74 Å². The molecule has 0 aliphatic rings. The molecule has 0 aliphatic carbocycles. The van der Waals surface area contributed by atoms with Gasteiger partial charge in [0.15, 0.2) is 0 Å². The highest BCUT2D eigenvalue weighted by atomic mass is 79.9. The van der Waals surface area contributed by atoms with Crippen LogP contribution in [0.1, 0.15) is 25.3 Å². The van der Waals surface area contributed by atoms with E-state index in [2.05, 4.69) is 72.1 Å². The minimum atomic E-state index is 0.140. The van der Waals surface area contributed by atoms with Crippen LogP contribution in [-0.2, 0) is 10.2 Å². The molecule has 0 unspecified atom stereocenters. The van der Waals surface area contributed by atoms with E-state index in [0.29, 0.717) is 0 Å². The molecule has 0 aliphatic heterocycles. The summed E-state index contributed by atoms with van der Waals surface area (Å²) in [7, 11) is 0. The summed E-state index contributed by atoms with van der Waals surface area (Å²) in [5.41, 5.74) is 1.50. The normalized spacial score (nSPS) is 11.8. The first kappa shape index (κ1) is 16.7. The first-order valence-corrected chi connectivity index (χ1v) is 9.18. The predicted octanol–water partition coefficient (Wildman–Crippen LogP) is 5.29. The molecule has 0 heterocycles. The van der Waals surface area contributed by atoms with Crippen molar-refractivity contribution in [3.63, 3.8) is 0 Å². The third kappa shape index (κ3) is 4.62. The van der Waals surface area contributed by atoms with Gasteiger partial charge in [0.1, 0.15) is 0 Å². The second kappa shape index (κ2) is 8.72. The van der Waals surface area contributed by atoms with Crippen molar-refractivity contribution in [2.45, 2.75) is 25.2 Å². The maximum absolute atomic E-state index is 5.44. The maximum atomic E-state index is 5.44. The molecule has 1 rings (SSSR count). The summed E-state index contributed by atoms with van der Waals surface area (Å²) in [6, 6.07) is 8.58. The summed E-state index contributed by atoms with van der Waals surface area (Å²) >= 11 is 10.9. The van der Waals surface area contributed by atoms with Crippen molar-refractivity contribution in [3.8, 4) is 0 Å². The largest absolute Gasteiger partial charge is 0.382 e. The number of ether oxygens (including phenoxy) is 1. The quantitative estimate of drug-likeness (QED) is 0.392. The van der Waals surface area contributed by atoms with Gasteiger partial charge in [-0.05, 0) is 37.5 Å². The summed E-state index contributed by atoms with van der Waals surface area (Å²) in [5, 5.41) is 1.90. The fraction of sp³-hybridized carbons (Fsp3) is 0.571. The minimum absolute atomic E-state index is 0.140. The van der Waals surface area contributed by atoms with E-state index in [0.717, 1.165) is 41.2 Å². The molecule has 0 amide bonds. The van der Waals surface area contributed by atoms with E-state index < -0.39 is 0 Å². The lowest BCUT2D eigenvalue weighted by Gasteiger charge is -2.31. The van der Waals surface area contributed by atoms with Gasteiger partial charge >= 0.3 is 0 Å². The molecule has 102 valence electrons. The van der Waals surface area contributed by atoms with Crippen LogP contribution >= 0.6 is 47.8 Å². The Labute approximate surface area is 135 Å². The molecule has 0 aromatic heterocycles. The van der Waals surface area contributed by atoms with Crippen LogP contribution in [0.3, 0.4) is 0 Å². The minimum Gasteiger partial charge on any atom is -0.382 e. The third-order valence-corrected chi connectivity index (χ3v) is 5.74. The first-order chi connectivity index (χ1) is 8.68. The van der Waals surface area contributed by atoms with Gasteiger partial charge in [-0.1, -0.05) is 59.9 Å². The number of hydrogen-bond donors (Lipinski definition) is 0. The lowest BCUT2D eigenvalue weighted by atomic mass is 9.80. The number of benzene rings is 1. The fourth-order valence-electron chi connectivity index (χ4n) is 1.94. The lowest BCUT2D eigenvalue weighted by molar-refractivity contribution is 0.139. The maximum Gasteiger partial charge on any atom is 0.0466 e. The van der Waals surface area contributed by atoms with Gasteiger partial charge in [-0.2, -0.15) is 0 Å². The number of rotatable bonds is 8. The van der Waals surface area contributed by atoms with Gasteiger partial charge in [0.2, 0.25) is 0 Å². The highest BCUT2D eigenvalue weighted by Gasteiger charge is 2.29. The molecule has 1 aromatic rings. The van der Waals surface area contributed by atoms with Crippen LogP contribution in [0.25, 0.3) is 0 Å². The molecular weight excluding hydrogens is 424 g/mol. The molecule has 18 heavy (non-hydrogen) atoms. The van der Waals surface area contributed by atoms with Gasteiger partial charge in [-0.25, -0.2) is 0 Å². The highest BCUT2D eigenvalue weighted by Crippen LogP contribution is 2.34. The molecule has 0 saturated heterocycles. The van der Waals surface area contributed by atoms with E-state index in [-0.39, 0.29) is 5.41 Å². The van der Waals surface area contributed by atoms with E-state index in [4.69, 9.17) is 4.74 Å². The average Bonchev–Trinajstić information content (AvgIpc) is 2.40. The van der Waals surface area contributed by atoms with Crippen LogP contribution < -0.4 is 0 Å². The SMILES string of the molecule is CCOCCCC(CBr)(CBr)c1cccc(Br)c1. The predicted molar refractivity (Wildman–Crippen MR) is 89.1 cm³/mol. The second-order valence-corrected chi connectivity index (χ2v) is 6.40. The topological polar surface area (TPSA) is 9.23 Å². The first-order valence-electron chi connectivity index (χ1n) is 6.14. The van der Waals surface area contributed by atoms with Gasteiger partial charge in [-0.15, -0.1) is 0 Å². The molecule has 0 spiro atoms. The smallest absolute Gasteiger partial charge is 0.0466 e. The van der Waals surface area contributed by atoms with Crippen LogP contribution in [0.2, 0.25) is 0 Å². The molecule has 0 radical (unpaired) electrons. The third-order valence-electron chi connectivity index (χ3n) is 3.10. The number of halogens is 3. The van der Waals surface area contributed by atoms with Gasteiger partial charge in [-0.3, -0.25) is 0 Å². The zero-order chi connectivity index (χ0) is 13.4. The molecule has 1 aromatic carbocycles. The van der Waals surface area contributed by atoms with Crippen LogP contribution in [0.15, 0.2) is 28.7 Å². The molecule has 1 nitrogen and oxygen atoms in total. The summed E-state index contributed by atoms with van der Waals surface area (Å²) in [6.07, 6.45) is 2.19. The zero-order valence-electron chi connectivity index (χ0n) is 10.6. The van der Waals surface area contributed by atoms with E-state index in [1.807, 2.05) is 6.92 Å². The Bertz CT molecular complexity index is 351. The number of alkyl halides is 2. The molecule has 0 bridgehead atoms. The van der Waals surface area contributed by atoms with Crippen molar-refractivity contribution in [3.05, 3.63) is 34.3 Å². The lowest BCUT2D eigenvalue weighted by Crippen LogP contribution is -2.30. The molecule has 0 atom stereocenters. The Morgan fingerprint density at radius 1 is 1.22 bits per heavy atom. The summed E-state index contributed by atoms with van der Waals surface area (Å²) < 4.78 is 6.57. The number of hydrogen-bond acceptors (Lipinski definition) is 1. The van der Waals surface area contributed by atoms with E-state index in [9.17, 15) is 0 Å². The zero-order valence-corrected chi connectivity index (χ0v) is 15.4. The molecular formula is C14H19Br3O. The Kier molecular flexibility index (Phi) is 8.08. The average molecular weight is 443 g/mol. The molecule has 0 N–H and O–H groups in total. The van der Waals surface area contributed by atoms with Crippen molar-refractivity contribution >= 4 is 47.8 Å². The molecule has 0 saturated carbocycles. The van der Waals surface area contributed by atoms with Crippen LogP contribution in [-0.4, -0.2) is 23.9 Å². The van der Waals surface area contributed by atoms with Crippen LogP contribution in [0, 0.1) is 0 Å². The second-order valence-electron chi connectivity index (χ2n) is 4.36. The van der Waals surface area contributed by atoms with Gasteiger partial charge in [0.25, 0.3) is 0 Å². The van der Waals surface area contributed by atoms with Crippen molar-refractivity contribution in [2.75, 3.05) is 23.9 Å². The highest BCUT2D eigenvalue weighted by molar-refractivity contribution is 9.10. The van der Waals surface area contributed by atoms with Gasteiger partial charge in [0.05, 0.1) is 0 Å². The van der Waals surface area contributed by atoms with E-state index >= 15 is 0 Å². The van der Waals surface area contributed by atoms with E-state index in [1.54, 1.807) is 0 Å². The summed E-state index contributed by atoms with van der Waals surface area (Å²) in [6.45, 7) is 3.68. The monoisotopic (exact) mass is 440 g/mol. The van der Waals surface area contributed by atoms with Crippen molar-refractivity contribution in [2.24, 2.45) is 0 Å².